The second-order valence-corrected chi connectivity index (χ2v) is 8.40. The molecule has 0 bridgehead atoms. The minimum Gasteiger partial charge on any atom is -0.338 e. The number of hydrogen-bond donors (Lipinski definition) is 1. The highest BCUT2D eigenvalue weighted by Gasteiger charge is 2.33. The number of azo groups is 1. The molecule has 1 N–H and O–H groups in total. The van der Waals surface area contributed by atoms with Gasteiger partial charge < -0.3 is 10.2 Å². The summed E-state index contributed by atoms with van der Waals surface area (Å²) in [7, 11) is 0. The van der Waals surface area contributed by atoms with Crippen molar-refractivity contribution >= 4 is 11.8 Å². The molecule has 1 unspecified atom stereocenters. The van der Waals surface area contributed by atoms with E-state index >= 15 is 0 Å². The van der Waals surface area contributed by atoms with Crippen molar-refractivity contribution in [3.8, 4) is 0 Å². The second-order valence-electron chi connectivity index (χ2n) is 8.40. The molecule has 2 aliphatic heterocycles. The zero-order valence-electron chi connectivity index (χ0n) is 16.6. The molecule has 2 aromatic carbocycles. The Morgan fingerprint density at radius 3 is 2.77 bits per heavy atom. The summed E-state index contributed by atoms with van der Waals surface area (Å²) < 4.78 is 14.4. The summed E-state index contributed by atoms with van der Waals surface area (Å²) in [5.41, 5.74) is 2.24. The average Bonchev–Trinajstić information content (AvgIpc) is 3.55. The fraction of sp³-hybridized carbons (Fsp3) is 0.391. The molecule has 30 heavy (non-hydrogen) atoms. The van der Waals surface area contributed by atoms with Gasteiger partial charge in [-0.15, -0.1) is 5.11 Å². The van der Waals surface area contributed by atoms with Crippen LogP contribution < -0.4 is 5.32 Å². The minimum atomic E-state index is -0.510. The van der Waals surface area contributed by atoms with E-state index in [9.17, 15) is 14.0 Å². The van der Waals surface area contributed by atoms with E-state index in [0.717, 1.165) is 17.7 Å². The molecule has 7 heteroatoms. The van der Waals surface area contributed by atoms with Crippen LogP contribution in [-0.2, 0) is 6.42 Å². The number of nitrogens with zero attached hydrogens (tertiary/aromatic N) is 3. The molecule has 2 amide bonds. The monoisotopic (exact) mass is 406 g/mol. The lowest BCUT2D eigenvalue weighted by Crippen LogP contribution is -2.53. The molecular formula is C23H23FN4O2. The number of hydrogen-bond acceptors (Lipinski definition) is 4. The Bertz CT molecular complexity index is 1030. The lowest BCUT2D eigenvalue weighted by Gasteiger charge is -2.39. The maximum atomic E-state index is 14.4. The fourth-order valence-electron chi connectivity index (χ4n) is 4.11. The Hall–Kier alpha value is -2.93. The topological polar surface area (TPSA) is 74.1 Å². The molecule has 1 atom stereocenters. The van der Waals surface area contributed by atoms with E-state index in [4.69, 9.17) is 0 Å². The maximum Gasteiger partial charge on any atom is 0.295 e. The van der Waals surface area contributed by atoms with E-state index in [1.165, 1.54) is 18.9 Å². The summed E-state index contributed by atoms with van der Waals surface area (Å²) in [5.74, 6) is -0.681. The zero-order chi connectivity index (χ0) is 20.7. The summed E-state index contributed by atoms with van der Waals surface area (Å²) in [5, 5.41) is 11.4. The highest BCUT2D eigenvalue weighted by Crippen LogP contribution is 2.31. The normalized spacial score (nSPS) is 20.8. The van der Waals surface area contributed by atoms with Gasteiger partial charge >= 0.3 is 0 Å². The summed E-state index contributed by atoms with van der Waals surface area (Å²) >= 11 is 0. The summed E-state index contributed by atoms with van der Waals surface area (Å²) in [6.45, 7) is 2.24. The molecule has 2 heterocycles. The molecule has 2 aromatic rings. The highest BCUT2D eigenvalue weighted by atomic mass is 19.1. The average molecular weight is 406 g/mol. The van der Waals surface area contributed by atoms with Gasteiger partial charge in [0.2, 0.25) is 0 Å². The smallest absolute Gasteiger partial charge is 0.295 e. The van der Waals surface area contributed by atoms with Crippen LogP contribution >= 0.6 is 0 Å². The van der Waals surface area contributed by atoms with Crippen molar-refractivity contribution in [3.05, 3.63) is 70.5 Å². The second kappa shape index (κ2) is 7.72. The lowest BCUT2D eigenvalue weighted by atomic mass is 9.93. The molecule has 0 aromatic heterocycles. The molecule has 154 valence electrons. The first-order chi connectivity index (χ1) is 14.6. The van der Waals surface area contributed by atoms with E-state index in [1.54, 1.807) is 29.2 Å². The summed E-state index contributed by atoms with van der Waals surface area (Å²) in [6.07, 6.45) is 2.93. The van der Waals surface area contributed by atoms with Crippen molar-refractivity contribution in [3.63, 3.8) is 0 Å². The molecule has 3 aliphatic rings. The van der Waals surface area contributed by atoms with Gasteiger partial charge in [0.15, 0.2) is 0 Å². The first-order valence-electron chi connectivity index (χ1n) is 10.4. The number of likely N-dealkylation sites (tertiary alicyclic amines) is 1. The molecule has 0 spiro atoms. The van der Waals surface area contributed by atoms with Gasteiger partial charge in [-0.25, -0.2) is 4.39 Å². The predicted octanol–water partition coefficient (Wildman–Crippen LogP) is 3.54. The van der Waals surface area contributed by atoms with Crippen LogP contribution in [0.2, 0.25) is 0 Å². The van der Waals surface area contributed by atoms with Crippen molar-refractivity contribution in [2.24, 2.45) is 16.1 Å². The SMILES string of the molecule is O=C1N=NC(Cc2ccc(F)c(C(=O)N3CC(CNC4CC4)C3)c2)c2ccccc21. The Morgan fingerprint density at radius 2 is 1.97 bits per heavy atom. The number of halogens is 1. The summed E-state index contributed by atoms with van der Waals surface area (Å²) in [4.78, 5) is 26.4. The zero-order valence-corrected chi connectivity index (χ0v) is 16.6. The van der Waals surface area contributed by atoms with Gasteiger partial charge in [0.05, 0.1) is 5.56 Å². The highest BCUT2D eigenvalue weighted by molar-refractivity contribution is 5.97. The van der Waals surface area contributed by atoms with Crippen LogP contribution in [-0.4, -0.2) is 42.4 Å². The third kappa shape index (κ3) is 3.77. The summed E-state index contributed by atoms with van der Waals surface area (Å²) in [6, 6.07) is 12.2. The molecular weight excluding hydrogens is 383 g/mol. The molecule has 6 nitrogen and oxygen atoms in total. The van der Waals surface area contributed by atoms with Crippen LogP contribution in [0.3, 0.4) is 0 Å². The van der Waals surface area contributed by atoms with Gasteiger partial charge in [-0.05, 0) is 42.2 Å². The fourth-order valence-corrected chi connectivity index (χ4v) is 4.11. The third-order valence-electron chi connectivity index (χ3n) is 6.05. The molecule has 5 rings (SSSR count). The molecule has 1 saturated heterocycles. The Balaban J connectivity index is 1.28. The van der Waals surface area contributed by atoms with Gasteiger partial charge in [-0.1, -0.05) is 24.3 Å². The molecule has 1 aliphatic carbocycles. The largest absolute Gasteiger partial charge is 0.338 e. The third-order valence-corrected chi connectivity index (χ3v) is 6.05. The van der Waals surface area contributed by atoms with Crippen LogP contribution in [0.15, 0.2) is 52.7 Å². The van der Waals surface area contributed by atoms with Crippen LogP contribution in [0.5, 0.6) is 0 Å². The molecule has 0 radical (unpaired) electrons. The van der Waals surface area contributed by atoms with E-state index in [-0.39, 0.29) is 23.4 Å². The molecule has 1 saturated carbocycles. The number of rotatable bonds is 6. The van der Waals surface area contributed by atoms with Gasteiger partial charge in [0.1, 0.15) is 11.9 Å². The van der Waals surface area contributed by atoms with Crippen LogP contribution in [0.1, 0.15) is 50.7 Å². The van der Waals surface area contributed by atoms with Gasteiger partial charge in [-0.2, -0.15) is 5.11 Å². The first-order valence-corrected chi connectivity index (χ1v) is 10.4. The van der Waals surface area contributed by atoms with Crippen LogP contribution in [0.4, 0.5) is 4.39 Å². The van der Waals surface area contributed by atoms with Crippen molar-refractivity contribution in [2.75, 3.05) is 19.6 Å². The number of nitrogens with one attached hydrogen (secondary N) is 1. The Morgan fingerprint density at radius 1 is 1.17 bits per heavy atom. The van der Waals surface area contributed by atoms with Gasteiger partial charge in [0, 0.05) is 43.6 Å². The molecule has 2 fully saturated rings. The maximum absolute atomic E-state index is 14.4. The Labute approximate surface area is 174 Å². The quantitative estimate of drug-likeness (QED) is 0.797. The number of carbonyl (C=O) groups excluding carboxylic acids is 2. The van der Waals surface area contributed by atoms with Crippen LogP contribution in [0.25, 0.3) is 0 Å². The van der Waals surface area contributed by atoms with Crippen molar-refractivity contribution < 1.29 is 14.0 Å². The minimum absolute atomic E-state index is 0.0956. The van der Waals surface area contributed by atoms with E-state index in [1.807, 2.05) is 12.1 Å². The van der Waals surface area contributed by atoms with Crippen molar-refractivity contribution in [2.45, 2.75) is 31.3 Å². The van der Waals surface area contributed by atoms with E-state index in [2.05, 4.69) is 15.5 Å². The first kappa shape index (κ1) is 19.1. The van der Waals surface area contributed by atoms with Crippen LogP contribution in [0, 0.1) is 11.7 Å². The van der Waals surface area contributed by atoms with Gasteiger partial charge in [0.25, 0.3) is 11.8 Å². The number of carbonyl (C=O) groups is 2. The number of fused-ring (bicyclic) bond motifs is 1. The number of benzene rings is 2. The van der Waals surface area contributed by atoms with Crippen molar-refractivity contribution in [1.29, 1.82) is 0 Å². The van der Waals surface area contributed by atoms with Gasteiger partial charge in [-0.3, -0.25) is 9.59 Å². The van der Waals surface area contributed by atoms with Crippen molar-refractivity contribution in [1.82, 2.24) is 10.2 Å². The standard InChI is InChI=1S/C23H23FN4O2/c24-20-8-5-14(10-21-17-3-1-2-4-18(17)22(29)27-26-21)9-19(20)23(30)28-12-15(13-28)11-25-16-6-7-16/h1-5,8-9,15-16,21,25H,6-7,10-13H2. The van der Waals surface area contributed by atoms with E-state index in [0.29, 0.717) is 37.0 Å². The lowest BCUT2D eigenvalue weighted by molar-refractivity contribution is 0.0495. The van der Waals surface area contributed by atoms with E-state index < -0.39 is 5.82 Å². The Kier molecular flexibility index (Phi) is 4.90. The number of amides is 2. The predicted molar refractivity (Wildman–Crippen MR) is 109 cm³/mol.